The Balaban J connectivity index is 1.52. The molecule has 11 nitrogen and oxygen atoms in total. The van der Waals surface area contributed by atoms with Crippen LogP contribution in [0.5, 0.6) is 11.6 Å². The molecule has 218 valence electrons. The Kier molecular flexibility index (Phi) is 7.93. The number of carbonyl (C=O) groups excluding carboxylic acids is 3. The van der Waals surface area contributed by atoms with E-state index in [2.05, 4.69) is 17.2 Å². The van der Waals surface area contributed by atoms with Gasteiger partial charge in [-0.25, -0.2) is 19.6 Å². The number of carbonyl (C=O) groups is 3. The molecule has 0 spiro atoms. The number of methoxy groups -OCH3 is 2. The van der Waals surface area contributed by atoms with Crippen LogP contribution in [-0.4, -0.2) is 77.9 Å². The Morgan fingerprint density at radius 3 is 2.66 bits per heavy atom. The van der Waals surface area contributed by atoms with E-state index in [1.807, 2.05) is 26.8 Å². The molecular weight excluding hydrogens is 528 g/mol. The smallest absolute Gasteiger partial charge is 0.408 e. The summed E-state index contributed by atoms with van der Waals surface area (Å²) < 4.78 is 22.3. The summed E-state index contributed by atoms with van der Waals surface area (Å²) in [5, 5.41) is 2.77. The van der Waals surface area contributed by atoms with Crippen LogP contribution in [0.15, 0.2) is 18.2 Å². The van der Waals surface area contributed by atoms with Crippen molar-refractivity contribution in [2.45, 2.75) is 77.2 Å². The number of hydrogen-bond donors (Lipinski definition) is 1. The summed E-state index contributed by atoms with van der Waals surface area (Å²) in [5.74, 6) is 6.41. The number of alkyl carbamates (subject to hydrolysis) is 1. The van der Waals surface area contributed by atoms with Gasteiger partial charge in [0.2, 0.25) is 11.8 Å². The molecule has 2 aromatic rings. The lowest BCUT2D eigenvalue weighted by Crippen LogP contribution is -2.57. The second-order valence-corrected chi connectivity index (χ2v) is 11.8. The van der Waals surface area contributed by atoms with Crippen LogP contribution in [0.4, 0.5) is 4.79 Å². The number of fused-ring (bicyclic) bond motifs is 5. The van der Waals surface area contributed by atoms with Gasteiger partial charge in [0.15, 0.2) is 5.69 Å². The first kappa shape index (κ1) is 28.5. The lowest BCUT2D eigenvalue weighted by atomic mass is 9.85. The van der Waals surface area contributed by atoms with Crippen molar-refractivity contribution < 1.29 is 33.3 Å². The summed E-state index contributed by atoms with van der Waals surface area (Å²) in [6.07, 6.45) is 1.89. The third kappa shape index (κ3) is 6.32. The number of aromatic nitrogens is 2. The maximum atomic E-state index is 13.9. The molecule has 2 fully saturated rings. The van der Waals surface area contributed by atoms with Crippen LogP contribution in [-0.2, 0) is 19.1 Å². The summed E-state index contributed by atoms with van der Waals surface area (Å²) in [6, 6.07) is 3.53. The van der Waals surface area contributed by atoms with E-state index in [0.29, 0.717) is 28.9 Å². The van der Waals surface area contributed by atoms with Gasteiger partial charge in [0, 0.05) is 18.9 Å². The fourth-order valence-corrected chi connectivity index (χ4v) is 5.32. The van der Waals surface area contributed by atoms with Crippen LogP contribution in [0, 0.1) is 23.2 Å². The normalized spacial score (nSPS) is 26.6. The average Bonchev–Trinajstić information content (AvgIpc) is 3.53. The van der Waals surface area contributed by atoms with Gasteiger partial charge < -0.3 is 29.2 Å². The van der Waals surface area contributed by atoms with E-state index < -0.39 is 41.6 Å². The van der Waals surface area contributed by atoms with Crippen molar-refractivity contribution in [1.82, 2.24) is 20.2 Å². The van der Waals surface area contributed by atoms with Crippen molar-refractivity contribution in [3.8, 4) is 23.5 Å². The molecular formula is C30H36N4O7. The zero-order chi connectivity index (χ0) is 29.3. The molecule has 1 aliphatic carbocycles. The van der Waals surface area contributed by atoms with Crippen molar-refractivity contribution in [3.05, 3.63) is 23.9 Å². The van der Waals surface area contributed by atoms with Crippen molar-refractivity contribution in [1.29, 1.82) is 0 Å². The Labute approximate surface area is 239 Å². The number of benzene rings is 1. The Morgan fingerprint density at radius 1 is 1.12 bits per heavy atom. The molecule has 5 unspecified atom stereocenters. The molecule has 1 saturated carbocycles. The van der Waals surface area contributed by atoms with Crippen LogP contribution in [0.2, 0.25) is 0 Å². The van der Waals surface area contributed by atoms with Gasteiger partial charge in [-0.15, -0.1) is 0 Å². The highest BCUT2D eigenvalue weighted by Crippen LogP contribution is 2.38. The average molecular weight is 565 g/mol. The van der Waals surface area contributed by atoms with E-state index in [-0.39, 0.29) is 30.9 Å². The van der Waals surface area contributed by atoms with Gasteiger partial charge >= 0.3 is 12.1 Å². The highest BCUT2D eigenvalue weighted by molar-refractivity contribution is 5.91. The van der Waals surface area contributed by atoms with Crippen molar-refractivity contribution in [2.24, 2.45) is 11.3 Å². The molecule has 41 heavy (non-hydrogen) atoms. The van der Waals surface area contributed by atoms with E-state index in [1.165, 1.54) is 12.0 Å². The largest absolute Gasteiger partial charge is 0.497 e. The molecule has 5 rings (SSSR count). The second-order valence-electron chi connectivity index (χ2n) is 11.8. The number of amides is 2. The van der Waals surface area contributed by atoms with Gasteiger partial charge in [-0.05, 0) is 48.6 Å². The number of nitrogens with one attached hydrogen (secondary N) is 1. The Hall–Kier alpha value is -4.07. The first-order chi connectivity index (χ1) is 19.6. The van der Waals surface area contributed by atoms with Crippen LogP contribution in [0.25, 0.3) is 11.0 Å². The topological polar surface area (TPSA) is 129 Å². The summed E-state index contributed by atoms with van der Waals surface area (Å²) in [4.78, 5) is 50.4. The molecule has 5 atom stereocenters. The van der Waals surface area contributed by atoms with Crippen molar-refractivity contribution in [2.75, 3.05) is 20.8 Å². The third-order valence-electron chi connectivity index (χ3n) is 7.71. The molecule has 2 amide bonds. The van der Waals surface area contributed by atoms with Crippen LogP contribution < -0.4 is 14.8 Å². The fraction of sp³-hybridized carbons (Fsp3) is 0.567. The van der Waals surface area contributed by atoms with E-state index in [4.69, 9.17) is 28.9 Å². The first-order valence-electron chi connectivity index (χ1n) is 13.9. The van der Waals surface area contributed by atoms with E-state index in [9.17, 15) is 14.4 Å². The van der Waals surface area contributed by atoms with Gasteiger partial charge in [0.05, 0.1) is 31.8 Å². The molecule has 3 aliphatic rings. The molecule has 1 N–H and O–H groups in total. The van der Waals surface area contributed by atoms with E-state index in [1.54, 1.807) is 19.2 Å². The molecule has 11 heteroatoms. The highest BCUT2D eigenvalue weighted by atomic mass is 16.6. The summed E-state index contributed by atoms with van der Waals surface area (Å²) in [6.45, 7) is 5.63. The standard InChI is InChI=1S/C30H36N4O7/c1-30(2,3)25-27(35)34-16-19(15-23(34)28(36)39-5)40-26-21(31-20-12-11-18(38-4)14-22(20)32-26)10-8-6-7-9-17-13-24(17)41-29(37)33-25/h11-12,14,17,19,23-25H,6-7,9,13,15-16H2,1-5H3,(H,33,37). The molecule has 1 aromatic heterocycles. The number of nitrogens with zero attached hydrogens (tertiary/aromatic N) is 3. The van der Waals surface area contributed by atoms with Crippen LogP contribution in [0.1, 0.15) is 58.6 Å². The minimum Gasteiger partial charge on any atom is -0.497 e. The highest BCUT2D eigenvalue weighted by Gasteiger charge is 2.47. The van der Waals surface area contributed by atoms with Crippen LogP contribution in [0.3, 0.4) is 0 Å². The third-order valence-corrected chi connectivity index (χ3v) is 7.71. The minimum absolute atomic E-state index is 0.0807. The fourth-order valence-electron chi connectivity index (χ4n) is 5.32. The van der Waals surface area contributed by atoms with Gasteiger partial charge in [-0.2, -0.15) is 0 Å². The molecule has 1 saturated heterocycles. The first-order valence-corrected chi connectivity index (χ1v) is 13.9. The zero-order valence-corrected chi connectivity index (χ0v) is 24.1. The molecule has 0 radical (unpaired) electrons. The van der Waals surface area contributed by atoms with Crippen molar-refractivity contribution in [3.63, 3.8) is 0 Å². The lowest BCUT2D eigenvalue weighted by molar-refractivity contribution is -0.152. The lowest BCUT2D eigenvalue weighted by Gasteiger charge is -2.34. The minimum atomic E-state index is -0.939. The van der Waals surface area contributed by atoms with Gasteiger partial charge in [0.25, 0.3) is 0 Å². The number of hydrogen-bond acceptors (Lipinski definition) is 9. The predicted molar refractivity (Wildman–Crippen MR) is 148 cm³/mol. The summed E-state index contributed by atoms with van der Waals surface area (Å²) in [7, 11) is 2.85. The maximum Gasteiger partial charge on any atom is 0.408 e. The van der Waals surface area contributed by atoms with Gasteiger partial charge in [-0.3, -0.25) is 4.79 Å². The monoisotopic (exact) mass is 564 g/mol. The van der Waals surface area contributed by atoms with Crippen molar-refractivity contribution >= 4 is 29.0 Å². The predicted octanol–water partition coefficient (Wildman–Crippen LogP) is 3.22. The summed E-state index contributed by atoms with van der Waals surface area (Å²) >= 11 is 0. The SMILES string of the molecule is COC(=O)C1CC2CN1C(=O)C(C(C)(C)C)NC(=O)OC1CC1CCCC#Cc1nc3ccc(OC)cc3nc1O2. The number of rotatable bonds is 2. The van der Waals surface area contributed by atoms with Crippen LogP contribution >= 0.6 is 0 Å². The molecule has 3 heterocycles. The van der Waals surface area contributed by atoms with E-state index >= 15 is 0 Å². The molecule has 1 aromatic carbocycles. The maximum absolute atomic E-state index is 13.9. The van der Waals surface area contributed by atoms with E-state index in [0.717, 1.165) is 19.3 Å². The zero-order valence-electron chi connectivity index (χ0n) is 24.1. The summed E-state index contributed by atoms with van der Waals surface area (Å²) in [5.41, 5.74) is 0.931. The Morgan fingerprint density at radius 2 is 1.93 bits per heavy atom. The quantitative estimate of drug-likeness (QED) is 0.432. The van der Waals surface area contributed by atoms with Gasteiger partial charge in [-0.1, -0.05) is 26.7 Å². The second kappa shape index (κ2) is 11.4. The molecule has 2 aliphatic heterocycles. The molecule has 2 bridgehead atoms. The number of ether oxygens (including phenoxy) is 4. The van der Waals surface area contributed by atoms with Gasteiger partial charge in [0.1, 0.15) is 30.0 Å². The number of esters is 1. The Bertz CT molecular complexity index is 1410.